The number of piperidine rings is 1. The SMILES string of the molecule is CCC(=O)OCc1cccc(F)c1-n1cc(CN2CCC3(CC2)OCC(F)(F)c2cc(Cl)sc23)c(C)n1.O=C(O)[C@H](O)[C@@H](O)C(=O)O. The molecule has 2 atom stereocenters. The normalized spacial score (nSPS) is 18.0. The standard InChI is InChI=1S/C26H27ClF3N3O3S.C4H6O6/c1-3-22(34)35-14-17-5-4-6-20(28)23(17)33-13-18(16(2)31-33)12-32-9-7-25(8-10-32)24-19(11-21(27)37-24)26(29,30)15-36-25;5-1(3(7)8)2(6)4(9)10/h4-6,11,13H,3,7-10,12,14-15H2,1-2H3;1-2,5-6H,(H,7,8)(H,9,10)/t;1-,2-/m.1/s1. The molecule has 5 rings (SSSR count). The Morgan fingerprint density at radius 1 is 1.13 bits per heavy atom. The number of rotatable bonds is 9. The molecule has 4 heterocycles. The number of hydrogen-bond acceptors (Lipinski definition) is 10. The minimum atomic E-state index is -3.03. The number of benzene rings is 1. The number of thiophene rings is 1. The maximum Gasteiger partial charge on any atom is 0.335 e. The quantitative estimate of drug-likeness (QED) is 0.238. The van der Waals surface area contributed by atoms with Crippen LogP contribution in [0.4, 0.5) is 13.2 Å². The Morgan fingerprint density at radius 2 is 1.77 bits per heavy atom. The zero-order valence-corrected chi connectivity index (χ0v) is 26.9. The number of esters is 1. The molecule has 0 amide bonds. The molecule has 17 heteroatoms. The Hall–Kier alpha value is -3.54. The van der Waals surface area contributed by atoms with Crippen LogP contribution in [0.3, 0.4) is 0 Å². The van der Waals surface area contributed by atoms with Gasteiger partial charge in [-0.1, -0.05) is 30.7 Å². The van der Waals surface area contributed by atoms with Crippen molar-refractivity contribution in [3.8, 4) is 5.69 Å². The van der Waals surface area contributed by atoms with Crippen LogP contribution in [0.25, 0.3) is 5.69 Å². The summed E-state index contributed by atoms with van der Waals surface area (Å²) in [6.07, 6.45) is -1.37. The van der Waals surface area contributed by atoms with Crippen molar-refractivity contribution in [3.63, 3.8) is 0 Å². The number of hydrogen-bond donors (Lipinski definition) is 4. The molecular weight excluding hydrogens is 671 g/mol. The number of aromatic nitrogens is 2. The van der Waals surface area contributed by atoms with Crippen molar-refractivity contribution >= 4 is 40.8 Å². The molecule has 2 aromatic heterocycles. The number of aryl methyl sites for hydroxylation is 1. The summed E-state index contributed by atoms with van der Waals surface area (Å²) in [6, 6.07) is 6.00. The van der Waals surface area contributed by atoms with E-state index in [1.807, 2.05) is 6.92 Å². The van der Waals surface area contributed by atoms with Gasteiger partial charge in [0, 0.05) is 53.8 Å². The van der Waals surface area contributed by atoms with Crippen molar-refractivity contribution in [2.75, 3.05) is 19.7 Å². The topological polar surface area (TPSA) is 172 Å². The van der Waals surface area contributed by atoms with Gasteiger partial charge in [-0.15, -0.1) is 11.3 Å². The first-order chi connectivity index (χ1) is 22.1. The van der Waals surface area contributed by atoms with Crippen molar-refractivity contribution in [2.45, 2.75) is 70.0 Å². The molecule has 1 aromatic carbocycles. The molecule has 1 fully saturated rings. The predicted molar refractivity (Wildman–Crippen MR) is 161 cm³/mol. The molecule has 0 radical (unpaired) electrons. The van der Waals surface area contributed by atoms with Crippen LogP contribution in [0.15, 0.2) is 30.5 Å². The van der Waals surface area contributed by atoms with Crippen LogP contribution < -0.4 is 0 Å². The van der Waals surface area contributed by atoms with Crippen LogP contribution in [0.1, 0.15) is 53.4 Å². The second kappa shape index (κ2) is 14.7. The lowest BCUT2D eigenvalue weighted by atomic mass is 9.84. The van der Waals surface area contributed by atoms with Gasteiger partial charge in [-0.25, -0.2) is 18.7 Å². The van der Waals surface area contributed by atoms with Crippen molar-refractivity contribution in [1.82, 2.24) is 14.7 Å². The fourth-order valence-electron chi connectivity index (χ4n) is 5.26. The highest BCUT2D eigenvalue weighted by atomic mass is 35.5. The number of carboxylic acid groups (broad SMARTS) is 2. The fraction of sp³-hybridized carbons (Fsp3) is 0.467. The highest BCUT2D eigenvalue weighted by Gasteiger charge is 2.51. The van der Waals surface area contributed by atoms with E-state index in [-0.39, 0.29) is 30.2 Å². The van der Waals surface area contributed by atoms with E-state index in [0.717, 1.165) is 11.3 Å². The first-order valence-electron chi connectivity index (χ1n) is 14.4. The van der Waals surface area contributed by atoms with Crippen molar-refractivity contribution in [2.24, 2.45) is 0 Å². The number of aliphatic carboxylic acids is 2. The molecule has 47 heavy (non-hydrogen) atoms. The first kappa shape index (κ1) is 36.3. The van der Waals surface area contributed by atoms with Crippen LogP contribution in [0.2, 0.25) is 4.34 Å². The summed E-state index contributed by atoms with van der Waals surface area (Å²) in [6.45, 7) is 4.73. The molecule has 0 unspecified atom stereocenters. The highest BCUT2D eigenvalue weighted by molar-refractivity contribution is 7.16. The molecule has 256 valence electrons. The number of carboxylic acids is 2. The lowest BCUT2D eigenvalue weighted by molar-refractivity contribution is -0.182. The monoisotopic (exact) mass is 703 g/mol. The molecule has 2 aliphatic rings. The minimum absolute atomic E-state index is 0.00960. The highest BCUT2D eigenvalue weighted by Crippen LogP contribution is 2.52. The van der Waals surface area contributed by atoms with Crippen LogP contribution in [0.5, 0.6) is 0 Å². The smallest absolute Gasteiger partial charge is 0.335 e. The number of likely N-dealkylation sites (tertiary alicyclic amines) is 1. The number of carbonyl (C=O) groups excluding carboxylic acids is 1. The van der Waals surface area contributed by atoms with Crippen LogP contribution in [-0.4, -0.2) is 84.9 Å². The van der Waals surface area contributed by atoms with E-state index in [1.165, 1.54) is 28.2 Å². The third kappa shape index (κ3) is 8.13. The zero-order valence-electron chi connectivity index (χ0n) is 25.3. The van der Waals surface area contributed by atoms with E-state index in [4.69, 9.17) is 41.5 Å². The number of nitrogens with zero attached hydrogens (tertiary/aromatic N) is 3. The molecule has 0 saturated carbocycles. The Kier molecular flexibility index (Phi) is 11.4. The molecule has 3 aromatic rings. The summed E-state index contributed by atoms with van der Waals surface area (Å²) < 4.78 is 56.5. The van der Waals surface area contributed by atoms with Gasteiger partial charge >= 0.3 is 17.9 Å². The molecule has 2 aliphatic heterocycles. The second-order valence-electron chi connectivity index (χ2n) is 11.1. The van der Waals surface area contributed by atoms with Crippen molar-refractivity contribution < 1.29 is 57.5 Å². The van der Waals surface area contributed by atoms with Crippen molar-refractivity contribution in [3.05, 3.63) is 67.9 Å². The molecule has 0 bridgehead atoms. The Labute approximate surface area is 275 Å². The van der Waals surface area contributed by atoms with E-state index in [0.29, 0.717) is 47.3 Å². The molecule has 12 nitrogen and oxygen atoms in total. The van der Waals surface area contributed by atoms with Gasteiger partial charge in [-0.2, -0.15) is 13.9 Å². The summed E-state index contributed by atoms with van der Waals surface area (Å²) >= 11 is 7.29. The van der Waals surface area contributed by atoms with Gasteiger partial charge in [0.1, 0.15) is 30.3 Å². The maximum absolute atomic E-state index is 14.8. The predicted octanol–water partition coefficient (Wildman–Crippen LogP) is 3.98. The zero-order chi connectivity index (χ0) is 34.7. The van der Waals surface area contributed by atoms with Crippen LogP contribution in [-0.2, 0) is 48.5 Å². The van der Waals surface area contributed by atoms with E-state index in [1.54, 1.807) is 25.3 Å². The minimum Gasteiger partial charge on any atom is -0.479 e. The van der Waals surface area contributed by atoms with Gasteiger partial charge in [-0.3, -0.25) is 9.69 Å². The molecule has 1 spiro atoms. The number of ether oxygens (including phenoxy) is 2. The third-order valence-corrected chi connectivity index (χ3v) is 9.33. The average molecular weight is 704 g/mol. The van der Waals surface area contributed by atoms with E-state index < -0.39 is 48.1 Å². The summed E-state index contributed by atoms with van der Waals surface area (Å²) in [4.78, 5) is 33.9. The summed E-state index contributed by atoms with van der Waals surface area (Å²) in [5.74, 6) is -7.40. The number of alkyl halides is 2. The van der Waals surface area contributed by atoms with E-state index in [9.17, 15) is 27.6 Å². The summed E-state index contributed by atoms with van der Waals surface area (Å²) in [5, 5.41) is 37.1. The second-order valence-corrected chi connectivity index (χ2v) is 12.8. The van der Waals surface area contributed by atoms with E-state index in [2.05, 4.69) is 10.00 Å². The fourth-order valence-corrected chi connectivity index (χ4v) is 6.74. The van der Waals surface area contributed by atoms with Gasteiger partial charge in [-0.05, 0) is 31.9 Å². The number of fused-ring (bicyclic) bond motifs is 2. The lowest BCUT2D eigenvalue weighted by Gasteiger charge is -2.45. The van der Waals surface area contributed by atoms with Gasteiger partial charge in [0.2, 0.25) is 0 Å². The molecule has 4 N–H and O–H groups in total. The van der Waals surface area contributed by atoms with Gasteiger partial charge in [0.05, 0.1) is 10.0 Å². The van der Waals surface area contributed by atoms with Crippen LogP contribution >= 0.6 is 22.9 Å². The summed E-state index contributed by atoms with van der Waals surface area (Å²) in [5.41, 5.74) is 1.68. The number of halogens is 4. The Bertz CT molecular complexity index is 1610. The van der Waals surface area contributed by atoms with Crippen LogP contribution in [0, 0.1) is 12.7 Å². The molecule has 0 aliphatic carbocycles. The van der Waals surface area contributed by atoms with Gasteiger partial charge < -0.3 is 29.9 Å². The molecular formula is C30H33ClF3N3O9S. The number of carbonyl (C=O) groups is 3. The maximum atomic E-state index is 14.8. The Morgan fingerprint density at radius 3 is 2.36 bits per heavy atom. The first-order valence-corrected chi connectivity index (χ1v) is 15.6. The third-order valence-electron chi connectivity index (χ3n) is 7.88. The largest absolute Gasteiger partial charge is 0.479 e. The van der Waals surface area contributed by atoms with Gasteiger partial charge in [0.15, 0.2) is 12.2 Å². The van der Waals surface area contributed by atoms with Gasteiger partial charge in [0.25, 0.3) is 5.92 Å². The lowest BCUT2D eigenvalue weighted by Crippen LogP contribution is -2.48. The van der Waals surface area contributed by atoms with E-state index >= 15 is 0 Å². The molecule has 1 saturated heterocycles. The van der Waals surface area contributed by atoms with Crippen molar-refractivity contribution in [1.29, 1.82) is 0 Å². The number of para-hydroxylation sites is 1. The number of aliphatic hydroxyl groups excluding tert-OH is 2. The Balaban J connectivity index is 0.000000434. The average Bonchev–Trinajstić information content (AvgIpc) is 3.61. The summed E-state index contributed by atoms with van der Waals surface area (Å²) in [7, 11) is 0. The number of aliphatic hydroxyl groups is 2.